The fourth-order valence-electron chi connectivity index (χ4n) is 2.98. The molecule has 1 aromatic rings. The Morgan fingerprint density at radius 1 is 1.45 bits per heavy atom. The topological polar surface area (TPSA) is 49.4 Å². The van der Waals surface area contributed by atoms with Crippen LogP contribution in [0.25, 0.3) is 0 Å². The normalized spacial score (nSPS) is 21.5. The van der Waals surface area contributed by atoms with Crippen molar-refractivity contribution in [2.24, 2.45) is 5.92 Å². The number of benzene rings is 1. The average molecular weight is 321 g/mol. The summed E-state index contributed by atoms with van der Waals surface area (Å²) < 4.78 is 0. The molecule has 1 N–H and O–H groups in total. The predicted molar refractivity (Wildman–Crippen MR) is 87.5 cm³/mol. The van der Waals surface area contributed by atoms with Gasteiger partial charge in [-0.1, -0.05) is 29.8 Å². The van der Waals surface area contributed by atoms with Crippen molar-refractivity contribution in [2.75, 3.05) is 13.1 Å². The molecular weight excluding hydrogens is 300 g/mol. The van der Waals surface area contributed by atoms with Crippen molar-refractivity contribution in [3.05, 3.63) is 47.5 Å². The molecule has 2 atom stereocenters. The van der Waals surface area contributed by atoms with Gasteiger partial charge in [0.25, 0.3) is 0 Å². The van der Waals surface area contributed by atoms with Crippen LogP contribution in [0.5, 0.6) is 0 Å². The maximum atomic E-state index is 12.5. The van der Waals surface area contributed by atoms with Gasteiger partial charge < -0.3 is 10.2 Å². The highest BCUT2D eigenvalue weighted by molar-refractivity contribution is 6.30. The summed E-state index contributed by atoms with van der Waals surface area (Å²) in [4.78, 5) is 26.4. The number of halogens is 1. The van der Waals surface area contributed by atoms with Gasteiger partial charge >= 0.3 is 0 Å². The molecular formula is C17H21ClN2O2. The number of hydrogen-bond acceptors (Lipinski definition) is 2. The highest BCUT2D eigenvalue weighted by Crippen LogP contribution is 2.37. The van der Waals surface area contributed by atoms with Crippen molar-refractivity contribution in [1.29, 1.82) is 0 Å². The van der Waals surface area contributed by atoms with Crippen LogP contribution in [0.2, 0.25) is 5.02 Å². The van der Waals surface area contributed by atoms with Gasteiger partial charge in [0.1, 0.15) is 0 Å². The van der Waals surface area contributed by atoms with Crippen LogP contribution in [0.1, 0.15) is 31.4 Å². The number of nitrogens with zero attached hydrogens (tertiary/aromatic N) is 1. The van der Waals surface area contributed by atoms with E-state index in [1.807, 2.05) is 19.1 Å². The number of amides is 2. The van der Waals surface area contributed by atoms with Crippen LogP contribution in [0.4, 0.5) is 0 Å². The predicted octanol–water partition coefficient (Wildman–Crippen LogP) is 2.94. The minimum absolute atomic E-state index is 0.0363. The second-order valence-electron chi connectivity index (χ2n) is 5.36. The first-order valence-corrected chi connectivity index (χ1v) is 7.89. The monoisotopic (exact) mass is 320 g/mol. The Morgan fingerprint density at radius 2 is 2.14 bits per heavy atom. The molecule has 22 heavy (non-hydrogen) atoms. The zero-order chi connectivity index (χ0) is 16.1. The summed E-state index contributed by atoms with van der Waals surface area (Å²) in [5.74, 6) is -0.195. The van der Waals surface area contributed by atoms with Gasteiger partial charge in [-0.3, -0.25) is 9.59 Å². The molecule has 1 aromatic carbocycles. The molecule has 0 radical (unpaired) electrons. The summed E-state index contributed by atoms with van der Waals surface area (Å²) in [6.45, 7) is 6.56. The van der Waals surface area contributed by atoms with E-state index in [0.29, 0.717) is 31.0 Å². The van der Waals surface area contributed by atoms with Crippen LogP contribution in [-0.4, -0.2) is 29.8 Å². The van der Waals surface area contributed by atoms with Crippen molar-refractivity contribution in [3.63, 3.8) is 0 Å². The first kappa shape index (κ1) is 16.6. The van der Waals surface area contributed by atoms with Gasteiger partial charge in [-0.15, -0.1) is 6.58 Å². The summed E-state index contributed by atoms with van der Waals surface area (Å²) in [6.07, 6.45) is 2.62. The Labute approximate surface area is 136 Å². The van der Waals surface area contributed by atoms with Crippen molar-refractivity contribution in [3.8, 4) is 0 Å². The summed E-state index contributed by atoms with van der Waals surface area (Å²) in [5.41, 5.74) is 0.943. The molecule has 118 valence electrons. The van der Waals surface area contributed by atoms with E-state index in [1.54, 1.807) is 23.1 Å². The zero-order valence-corrected chi connectivity index (χ0v) is 13.5. The summed E-state index contributed by atoms with van der Waals surface area (Å²) in [5, 5.41) is 3.49. The summed E-state index contributed by atoms with van der Waals surface area (Å²) >= 11 is 5.95. The summed E-state index contributed by atoms with van der Waals surface area (Å²) in [6, 6.07) is 7.13. The van der Waals surface area contributed by atoms with Gasteiger partial charge in [0.2, 0.25) is 11.8 Å². The standard InChI is InChI=1S/C17H21ClN2O2/c1-3-11-19-17(22)14-9-10-15(21)20(4-2)16(14)12-5-7-13(18)8-6-12/h3,5-8,14,16H,1,4,9-11H2,2H3,(H,19,22)/t14-,16+/m1/s1. The number of piperidine rings is 1. The van der Waals surface area contributed by atoms with Gasteiger partial charge in [-0.05, 0) is 31.0 Å². The Morgan fingerprint density at radius 3 is 2.73 bits per heavy atom. The Balaban J connectivity index is 2.33. The van der Waals surface area contributed by atoms with E-state index in [2.05, 4.69) is 11.9 Å². The lowest BCUT2D eigenvalue weighted by molar-refractivity contribution is -0.143. The highest BCUT2D eigenvalue weighted by Gasteiger charge is 2.39. The third kappa shape index (κ3) is 3.50. The van der Waals surface area contributed by atoms with Crippen molar-refractivity contribution < 1.29 is 9.59 Å². The van der Waals surface area contributed by atoms with Crippen LogP contribution in [0.3, 0.4) is 0 Å². The number of rotatable bonds is 5. The van der Waals surface area contributed by atoms with Crippen molar-refractivity contribution in [2.45, 2.75) is 25.8 Å². The van der Waals surface area contributed by atoms with Crippen LogP contribution in [-0.2, 0) is 9.59 Å². The molecule has 2 amide bonds. The minimum atomic E-state index is -0.251. The van der Waals surface area contributed by atoms with Gasteiger partial charge in [-0.25, -0.2) is 0 Å². The first-order chi connectivity index (χ1) is 10.6. The molecule has 1 fully saturated rings. The number of carbonyl (C=O) groups is 2. The summed E-state index contributed by atoms with van der Waals surface area (Å²) in [7, 11) is 0. The van der Waals surface area contributed by atoms with E-state index in [0.717, 1.165) is 5.56 Å². The van der Waals surface area contributed by atoms with Gasteiger partial charge in [-0.2, -0.15) is 0 Å². The van der Waals surface area contributed by atoms with Crippen LogP contribution in [0.15, 0.2) is 36.9 Å². The molecule has 1 aliphatic rings. The largest absolute Gasteiger partial charge is 0.352 e. The molecule has 4 nitrogen and oxygen atoms in total. The molecule has 0 saturated carbocycles. The molecule has 2 rings (SSSR count). The molecule has 1 aliphatic heterocycles. The highest BCUT2D eigenvalue weighted by atomic mass is 35.5. The second kappa shape index (κ2) is 7.45. The van der Waals surface area contributed by atoms with Crippen LogP contribution < -0.4 is 5.32 Å². The first-order valence-electron chi connectivity index (χ1n) is 7.52. The number of carbonyl (C=O) groups excluding carboxylic acids is 2. The van der Waals surface area contributed by atoms with E-state index >= 15 is 0 Å². The molecule has 1 heterocycles. The SMILES string of the molecule is C=CCNC(=O)[C@@H]1CCC(=O)N(CC)[C@H]1c1ccc(Cl)cc1. The lowest BCUT2D eigenvalue weighted by Crippen LogP contribution is -2.48. The molecule has 0 bridgehead atoms. The maximum Gasteiger partial charge on any atom is 0.225 e. The third-order valence-corrected chi connectivity index (χ3v) is 4.27. The lowest BCUT2D eigenvalue weighted by atomic mass is 9.83. The fourth-order valence-corrected chi connectivity index (χ4v) is 3.10. The van der Waals surface area contributed by atoms with E-state index in [1.165, 1.54) is 0 Å². The Hall–Kier alpha value is -1.81. The molecule has 0 aromatic heterocycles. The minimum Gasteiger partial charge on any atom is -0.352 e. The molecule has 1 saturated heterocycles. The molecule has 0 aliphatic carbocycles. The van der Waals surface area contributed by atoms with Crippen molar-refractivity contribution >= 4 is 23.4 Å². The quantitative estimate of drug-likeness (QED) is 0.848. The van der Waals surface area contributed by atoms with Gasteiger partial charge in [0.15, 0.2) is 0 Å². The third-order valence-electron chi connectivity index (χ3n) is 4.02. The van der Waals surface area contributed by atoms with Gasteiger partial charge in [0, 0.05) is 24.5 Å². The fraction of sp³-hybridized carbons (Fsp3) is 0.412. The maximum absolute atomic E-state index is 12.5. The second-order valence-corrected chi connectivity index (χ2v) is 5.79. The van der Waals surface area contributed by atoms with E-state index in [9.17, 15) is 9.59 Å². The van der Waals surface area contributed by atoms with E-state index in [4.69, 9.17) is 11.6 Å². The number of likely N-dealkylation sites (tertiary alicyclic amines) is 1. The Kier molecular flexibility index (Phi) is 5.61. The smallest absolute Gasteiger partial charge is 0.225 e. The Bertz CT molecular complexity index is 556. The van der Waals surface area contributed by atoms with Crippen LogP contribution in [0, 0.1) is 5.92 Å². The molecule has 5 heteroatoms. The molecule has 0 spiro atoms. The lowest BCUT2D eigenvalue weighted by Gasteiger charge is -2.40. The van der Waals surface area contributed by atoms with E-state index < -0.39 is 0 Å². The van der Waals surface area contributed by atoms with Gasteiger partial charge in [0.05, 0.1) is 12.0 Å². The number of nitrogens with one attached hydrogen (secondary N) is 1. The average Bonchev–Trinajstić information content (AvgIpc) is 2.53. The van der Waals surface area contributed by atoms with Crippen molar-refractivity contribution in [1.82, 2.24) is 10.2 Å². The van der Waals surface area contributed by atoms with Crippen LogP contribution >= 0.6 is 11.6 Å². The molecule has 0 unspecified atom stereocenters. The zero-order valence-electron chi connectivity index (χ0n) is 12.7. The van der Waals surface area contributed by atoms with E-state index in [-0.39, 0.29) is 23.8 Å². The number of hydrogen-bond donors (Lipinski definition) is 1.